The van der Waals surface area contributed by atoms with E-state index in [9.17, 15) is 4.79 Å². The van der Waals surface area contributed by atoms with Crippen LogP contribution < -0.4 is 10.6 Å². The number of hydrogen-bond acceptors (Lipinski definition) is 7. The van der Waals surface area contributed by atoms with Gasteiger partial charge >= 0.3 is 0 Å². The maximum atomic E-state index is 13.6. The lowest BCUT2D eigenvalue weighted by Crippen LogP contribution is -2.40. The van der Waals surface area contributed by atoms with Gasteiger partial charge in [-0.25, -0.2) is 4.98 Å². The lowest BCUT2D eigenvalue weighted by molar-refractivity contribution is 0.0942. The zero-order chi connectivity index (χ0) is 21.8. The molecular formula is C23H21ClN6O. The maximum absolute atomic E-state index is 13.6. The number of anilines is 1. The predicted octanol–water partition coefficient (Wildman–Crippen LogP) is 3.37. The average molecular weight is 433 g/mol. The van der Waals surface area contributed by atoms with Crippen molar-refractivity contribution in [2.75, 3.05) is 18.4 Å². The van der Waals surface area contributed by atoms with Crippen LogP contribution in [0.2, 0.25) is 5.02 Å². The number of benzene rings is 1. The summed E-state index contributed by atoms with van der Waals surface area (Å²) in [5, 5.41) is 24.4. The minimum absolute atomic E-state index is 0.0282. The number of rotatable bonds is 6. The number of nitriles is 1. The molecular weight excluding hydrogens is 412 g/mol. The lowest BCUT2D eigenvalue weighted by Gasteiger charge is -2.28. The molecule has 0 bridgehead atoms. The van der Waals surface area contributed by atoms with Gasteiger partial charge < -0.3 is 10.6 Å². The van der Waals surface area contributed by atoms with E-state index in [0.717, 1.165) is 12.1 Å². The number of halogens is 1. The number of nitrogens with one attached hydrogen (secondary N) is 2. The molecule has 8 heteroatoms. The van der Waals surface area contributed by atoms with Crippen LogP contribution in [0.5, 0.6) is 0 Å². The molecule has 1 aliphatic heterocycles. The number of ketones is 1. The number of nitrogens with zero attached hydrogens (tertiary/aromatic N) is 4. The second-order valence-electron chi connectivity index (χ2n) is 7.60. The number of pyridine rings is 1. The Morgan fingerprint density at radius 1 is 1.23 bits per heavy atom. The van der Waals surface area contributed by atoms with Gasteiger partial charge in [0.05, 0.1) is 23.5 Å². The van der Waals surface area contributed by atoms with Gasteiger partial charge in [0.15, 0.2) is 5.78 Å². The number of Topliss-reactive ketones (excluding diaryl/α,β-unsaturated/α-hetero) is 1. The van der Waals surface area contributed by atoms with Crippen LogP contribution in [-0.4, -0.2) is 40.1 Å². The summed E-state index contributed by atoms with van der Waals surface area (Å²) in [4.78, 5) is 17.9. The zero-order valence-electron chi connectivity index (χ0n) is 16.9. The molecule has 0 spiro atoms. The van der Waals surface area contributed by atoms with Crippen molar-refractivity contribution < 1.29 is 4.79 Å². The van der Waals surface area contributed by atoms with E-state index in [1.807, 2.05) is 31.2 Å². The molecule has 1 aromatic carbocycles. The number of aromatic nitrogens is 3. The Hall–Kier alpha value is -3.34. The van der Waals surface area contributed by atoms with E-state index in [1.165, 1.54) is 12.4 Å². The first-order valence-electron chi connectivity index (χ1n) is 9.97. The van der Waals surface area contributed by atoms with Gasteiger partial charge in [0.1, 0.15) is 11.9 Å². The van der Waals surface area contributed by atoms with Crippen LogP contribution in [0.25, 0.3) is 0 Å². The Bertz CT molecular complexity index is 1110. The zero-order valence-corrected chi connectivity index (χ0v) is 17.7. The quantitative estimate of drug-likeness (QED) is 0.575. The first-order valence-corrected chi connectivity index (χ1v) is 10.4. The molecule has 4 rings (SSSR count). The number of carbonyl (C=O) groups is 1. The normalized spacial score (nSPS) is 18.9. The van der Waals surface area contributed by atoms with Crippen molar-refractivity contribution in [2.45, 2.75) is 18.9 Å². The predicted molar refractivity (Wildman–Crippen MR) is 118 cm³/mol. The van der Waals surface area contributed by atoms with E-state index in [2.05, 4.69) is 31.9 Å². The highest BCUT2D eigenvalue weighted by atomic mass is 35.5. The minimum Gasteiger partial charge on any atom is -0.360 e. The van der Waals surface area contributed by atoms with Crippen molar-refractivity contribution in [1.29, 1.82) is 5.26 Å². The fourth-order valence-corrected chi connectivity index (χ4v) is 4.11. The van der Waals surface area contributed by atoms with Gasteiger partial charge in [0.2, 0.25) is 0 Å². The summed E-state index contributed by atoms with van der Waals surface area (Å²) in [5.41, 5.74) is 2.76. The second-order valence-corrected chi connectivity index (χ2v) is 8.03. The molecule has 0 radical (unpaired) electrons. The topological polar surface area (TPSA) is 104 Å². The number of carbonyl (C=O) groups excluding carboxylic acids is 1. The minimum atomic E-state index is -0.542. The third kappa shape index (κ3) is 4.71. The summed E-state index contributed by atoms with van der Waals surface area (Å²) >= 11 is 6.07. The smallest absolute Gasteiger partial charge is 0.187 e. The molecule has 2 aromatic heterocycles. The molecule has 1 saturated heterocycles. The Labute approximate surface area is 185 Å². The van der Waals surface area contributed by atoms with Gasteiger partial charge in [0.25, 0.3) is 0 Å². The summed E-state index contributed by atoms with van der Waals surface area (Å²) in [5.74, 6) is 0.558. The second kappa shape index (κ2) is 9.21. The summed E-state index contributed by atoms with van der Waals surface area (Å²) in [7, 11) is 0. The Morgan fingerprint density at radius 2 is 2.03 bits per heavy atom. The Balaban J connectivity index is 1.68. The molecule has 3 aromatic rings. The van der Waals surface area contributed by atoms with E-state index in [-0.39, 0.29) is 17.6 Å². The number of hydrogen-bond donors (Lipinski definition) is 2. The first kappa shape index (κ1) is 20.9. The summed E-state index contributed by atoms with van der Waals surface area (Å²) in [6.07, 6.45) is 2.99. The molecule has 7 nitrogen and oxygen atoms in total. The molecule has 0 amide bonds. The van der Waals surface area contributed by atoms with Crippen LogP contribution >= 0.6 is 11.6 Å². The SMILES string of the molecule is Cc1cc(C(=O)C(Nc2ccc(C#N)cn2)C2CNCC2c2ccc(Cl)cc2)cnn1. The van der Waals surface area contributed by atoms with Crippen molar-refractivity contribution in [1.82, 2.24) is 20.5 Å². The standard InChI is InChI=1S/C23H21ClN6O/c1-14-8-17(11-28-30-14)23(31)22(29-21-7-2-15(9-25)10-27-21)20-13-26-12-19(20)16-3-5-18(24)6-4-16/h2-8,10-11,19-20,22,26H,12-13H2,1H3,(H,27,29). The fraction of sp³-hybridized carbons (Fsp3) is 0.261. The molecule has 156 valence electrons. The van der Waals surface area contributed by atoms with Gasteiger partial charge in [-0.05, 0) is 42.8 Å². The monoisotopic (exact) mass is 432 g/mol. The highest BCUT2D eigenvalue weighted by Gasteiger charge is 2.39. The van der Waals surface area contributed by atoms with Crippen LogP contribution in [0, 0.1) is 24.2 Å². The van der Waals surface area contributed by atoms with Crippen molar-refractivity contribution >= 4 is 23.2 Å². The van der Waals surface area contributed by atoms with Crippen LogP contribution in [0.1, 0.15) is 33.1 Å². The van der Waals surface area contributed by atoms with E-state index >= 15 is 0 Å². The van der Waals surface area contributed by atoms with Gasteiger partial charge in [-0.15, -0.1) is 0 Å². The molecule has 1 fully saturated rings. The molecule has 1 aliphatic rings. The van der Waals surface area contributed by atoms with Gasteiger partial charge in [0, 0.05) is 41.7 Å². The average Bonchev–Trinajstić information content (AvgIpc) is 3.27. The van der Waals surface area contributed by atoms with E-state index in [0.29, 0.717) is 34.2 Å². The molecule has 31 heavy (non-hydrogen) atoms. The summed E-state index contributed by atoms with van der Waals surface area (Å²) < 4.78 is 0. The van der Waals surface area contributed by atoms with Crippen molar-refractivity contribution in [2.24, 2.45) is 5.92 Å². The lowest BCUT2D eigenvalue weighted by atomic mass is 9.81. The van der Waals surface area contributed by atoms with Crippen molar-refractivity contribution in [3.8, 4) is 6.07 Å². The summed E-state index contributed by atoms with van der Waals surface area (Å²) in [6, 6.07) is 14.4. The first-order chi connectivity index (χ1) is 15.0. The highest BCUT2D eigenvalue weighted by molar-refractivity contribution is 6.30. The van der Waals surface area contributed by atoms with Gasteiger partial charge in [-0.1, -0.05) is 23.7 Å². The van der Waals surface area contributed by atoms with Crippen molar-refractivity contribution in [3.63, 3.8) is 0 Å². The Morgan fingerprint density at radius 3 is 2.71 bits per heavy atom. The molecule has 3 unspecified atom stereocenters. The molecule has 3 atom stereocenters. The van der Waals surface area contributed by atoms with E-state index < -0.39 is 6.04 Å². The van der Waals surface area contributed by atoms with Crippen LogP contribution in [0.4, 0.5) is 5.82 Å². The molecule has 0 saturated carbocycles. The van der Waals surface area contributed by atoms with Crippen LogP contribution in [-0.2, 0) is 0 Å². The molecule has 2 N–H and O–H groups in total. The number of aryl methyl sites for hydroxylation is 1. The Kier molecular flexibility index (Phi) is 6.21. The third-order valence-electron chi connectivity index (χ3n) is 5.53. The van der Waals surface area contributed by atoms with Crippen LogP contribution in [0.15, 0.2) is 54.9 Å². The molecule has 0 aliphatic carbocycles. The largest absolute Gasteiger partial charge is 0.360 e. The van der Waals surface area contributed by atoms with E-state index in [1.54, 1.807) is 18.2 Å². The fourth-order valence-electron chi connectivity index (χ4n) is 3.98. The summed E-state index contributed by atoms with van der Waals surface area (Å²) in [6.45, 7) is 3.23. The third-order valence-corrected chi connectivity index (χ3v) is 5.78. The van der Waals surface area contributed by atoms with E-state index in [4.69, 9.17) is 16.9 Å². The maximum Gasteiger partial charge on any atom is 0.187 e. The van der Waals surface area contributed by atoms with Gasteiger partial charge in [-0.2, -0.15) is 15.5 Å². The highest BCUT2D eigenvalue weighted by Crippen LogP contribution is 2.33. The van der Waals surface area contributed by atoms with Gasteiger partial charge in [-0.3, -0.25) is 4.79 Å². The van der Waals surface area contributed by atoms with Crippen LogP contribution in [0.3, 0.4) is 0 Å². The molecule has 3 heterocycles. The van der Waals surface area contributed by atoms with Crippen molar-refractivity contribution in [3.05, 3.63) is 82.3 Å².